The van der Waals surface area contributed by atoms with E-state index in [-0.39, 0.29) is 24.3 Å². The minimum Gasteiger partial charge on any atom is -0.484 e. The summed E-state index contributed by atoms with van der Waals surface area (Å²) in [5, 5.41) is 9.43. The van der Waals surface area contributed by atoms with E-state index in [1.807, 2.05) is 12.3 Å². The molecule has 0 bridgehead atoms. The number of halogens is 2. The first kappa shape index (κ1) is 18.4. The number of anilines is 1. The molecular weight excluding hydrogens is 403 g/mol. The third-order valence-electron chi connectivity index (χ3n) is 3.97. The molecule has 0 spiro atoms. The molecule has 0 aliphatic carbocycles. The number of benzene rings is 2. The molecular formula is C19H14ClFN4O2S. The number of thiazole rings is 1. The second kappa shape index (κ2) is 7.57. The SMILES string of the molecule is Cc1cc(OCC(=O)Nc2nc3scc(-c4ccc(F)cc4)n3n2)ccc1Cl. The van der Waals surface area contributed by atoms with Crippen LogP contribution in [0, 0.1) is 12.7 Å². The minimum absolute atomic E-state index is 0.177. The summed E-state index contributed by atoms with van der Waals surface area (Å²) in [5.74, 6) is 0.0392. The second-order valence-electron chi connectivity index (χ2n) is 6.01. The first-order chi connectivity index (χ1) is 13.5. The fraction of sp³-hybridized carbons (Fsp3) is 0.105. The molecule has 0 atom stereocenters. The predicted molar refractivity (Wildman–Crippen MR) is 107 cm³/mol. The monoisotopic (exact) mass is 416 g/mol. The summed E-state index contributed by atoms with van der Waals surface area (Å²) in [6.07, 6.45) is 0. The van der Waals surface area contributed by atoms with Crippen LogP contribution in [0.15, 0.2) is 47.8 Å². The standard InChI is InChI=1S/C19H14ClFN4O2S/c1-11-8-14(6-7-15(11)20)27-9-17(26)22-18-23-19-25(24-18)16(10-28-19)12-2-4-13(21)5-3-12/h2-8,10H,9H2,1H3,(H,22,24,26). The minimum atomic E-state index is -0.380. The van der Waals surface area contributed by atoms with E-state index in [9.17, 15) is 9.18 Å². The smallest absolute Gasteiger partial charge is 0.264 e. The van der Waals surface area contributed by atoms with Gasteiger partial charge in [0.2, 0.25) is 4.96 Å². The molecule has 6 nitrogen and oxygen atoms in total. The zero-order chi connectivity index (χ0) is 19.7. The Morgan fingerprint density at radius 2 is 2.07 bits per heavy atom. The number of ether oxygens (including phenoxy) is 1. The average Bonchev–Trinajstić information content (AvgIpc) is 3.23. The van der Waals surface area contributed by atoms with E-state index in [0.29, 0.717) is 15.7 Å². The summed E-state index contributed by atoms with van der Waals surface area (Å²) < 4.78 is 20.2. The van der Waals surface area contributed by atoms with E-state index in [1.54, 1.807) is 34.8 Å². The van der Waals surface area contributed by atoms with Gasteiger partial charge in [-0.25, -0.2) is 8.91 Å². The van der Waals surface area contributed by atoms with Gasteiger partial charge in [0.1, 0.15) is 11.6 Å². The van der Waals surface area contributed by atoms with E-state index in [0.717, 1.165) is 16.8 Å². The van der Waals surface area contributed by atoms with Gasteiger partial charge in [0, 0.05) is 16.0 Å². The normalized spacial score (nSPS) is 11.0. The van der Waals surface area contributed by atoms with Crippen molar-refractivity contribution in [2.45, 2.75) is 6.92 Å². The fourth-order valence-corrected chi connectivity index (χ4v) is 3.52. The molecule has 2 aromatic carbocycles. The summed E-state index contributed by atoms with van der Waals surface area (Å²) in [7, 11) is 0. The molecule has 0 saturated heterocycles. The van der Waals surface area contributed by atoms with Gasteiger partial charge in [-0.05, 0) is 55.0 Å². The number of rotatable bonds is 5. The number of carbonyl (C=O) groups excluding carboxylic acids is 1. The van der Waals surface area contributed by atoms with Crippen LogP contribution in [-0.2, 0) is 4.79 Å². The van der Waals surface area contributed by atoms with Gasteiger partial charge in [0.25, 0.3) is 11.9 Å². The summed E-state index contributed by atoms with van der Waals surface area (Å²) in [5.41, 5.74) is 2.43. The second-order valence-corrected chi connectivity index (χ2v) is 7.25. The van der Waals surface area contributed by atoms with Crippen LogP contribution in [0.1, 0.15) is 5.56 Å². The lowest BCUT2D eigenvalue weighted by atomic mass is 10.2. The highest BCUT2D eigenvalue weighted by molar-refractivity contribution is 7.15. The van der Waals surface area contributed by atoms with Crippen molar-refractivity contribution >= 4 is 39.8 Å². The summed E-state index contributed by atoms with van der Waals surface area (Å²) in [4.78, 5) is 17.0. The maximum absolute atomic E-state index is 13.1. The van der Waals surface area contributed by atoms with E-state index < -0.39 is 0 Å². The lowest BCUT2D eigenvalue weighted by molar-refractivity contribution is -0.118. The largest absolute Gasteiger partial charge is 0.484 e. The van der Waals surface area contributed by atoms with Crippen molar-refractivity contribution in [3.05, 3.63) is 64.2 Å². The Hall–Kier alpha value is -2.97. The van der Waals surface area contributed by atoms with Gasteiger partial charge in [-0.15, -0.1) is 16.4 Å². The molecule has 4 rings (SSSR count). The molecule has 1 amide bonds. The number of carbonyl (C=O) groups is 1. The Balaban J connectivity index is 1.45. The molecule has 4 aromatic rings. The Labute approximate surface area is 168 Å². The van der Waals surface area contributed by atoms with Crippen LogP contribution in [0.25, 0.3) is 16.2 Å². The van der Waals surface area contributed by atoms with Crippen LogP contribution in [0.3, 0.4) is 0 Å². The molecule has 0 aliphatic rings. The number of hydrogen-bond acceptors (Lipinski definition) is 5. The van der Waals surface area contributed by atoms with Crippen LogP contribution in [0.2, 0.25) is 5.02 Å². The van der Waals surface area contributed by atoms with E-state index in [4.69, 9.17) is 16.3 Å². The number of nitrogens with zero attached hydrogens (tertiary/aromatic N) is 3. The van der Waals surface area contributed by atoms with Gasteiger partial charge in [-0.2, -0.15) is 4.98 Å². The molecule has 0 aliphatic heterocycles. The highest BCUT2D eigenvalue weighted by atomic mass is 35.5. The molecule has 28 heavy (non-hydrogen) atoms. The third kappa shape index (κ3) is 3.83. The maximum Gasteiger partial charge on any atom is 0.264 e. The third-order valence-corrected chi connectivity index (χ3v) is 5.21. The van der Waals surface area contributed by atoms with E-state index in [1.165, 1.54) is 23.5 Å². The number of fused-ring (bicyclic) bond motifs is 1. The molecule has 0 unspecified atom stereocenters. The lowest BCUT2D eigenvalue weighted by Crippen LogP contribution is -2.21. The van der Waals surface area contributed by atoms with Crippen molar-refractivity contribution in [3.63, 3.8) is 0 Å². The van der Waals surface area contributed by atoms with Gasteiger partial charge in [0.15, 0.2) is 6.61 Å². The first-order valence-electron chi connectivity index (χ1n) is 8.28. The van der Waals surface area contributed by atoms with Gasteiger partial charge in [-0.1, -0.05) is 11.6 Å². The molecule has 0 fully saturated rings. The summed E-state index contributed by atoms with van der Waals surface area (Å²) >= 11 is 7.35. The maximum atomic E-state index is 13.1. The number of aromatic nitrogens is 3. The van der Waals surface area contributed by atoms with Crippen LogP contribution in [0.4, 0.5) is 10.3 Å². The van der Waals surface area contributed by atoms with Crippen LogP contribution < -0.4 is 10.1 Å². The fourth-order valence-electron chi connectivity index (χ4n) is 2.57. The van der Waals surface area contributed by atoms with Crippen LogP contribution >= 0.6 is 22.9 Å². The zero-order valence-corrected chi connectivity index (χ0v) is 16.2. The topological polar surface area (TPSA) is 68.5 Å². The van der Waals surface area contributed by atoms with E-state index >= 15 is 0 Å². The molecule has 0 saturated carbocycles. The number of hydrogen-bond donors (Lipinski definition) is 1. The van der Waals surface area contributed by atoms with Gasteiger partial charge in [0.05, 0.1) is 5.69 Å². The number of nitrogens with one attached hydrogen (secondary N) is 1. The van der Waals surface area contributed by atoms with Crippen LogP contribution in [0.5, 0.6) is 5.75 Å². The Morgan fingerprint density at radius 3 is 2.82 bits per heavy atom. The van der Waals surface area contributed by atoms with Crippen molar-refractivity contribution in [2.24, 2.45) is 0 Å². The van der Waals surface area contributed by atoms with Gasteiger partial charge in [-0.3, -0.25) is 10.1 Å². The molecule has 1 N–H and O–H groups in total. The highest BCUT2D eigenvalue weighted by Crippen LogP contribution is 2.26. The summed E-state index contributed by atoms with van der Waals surface area (Å²) in [6.45, 7) is 1.68. The highest BCUT2D eigenvalue weighted by Gasteiger charge is 2.14. The summed E-state index contributed by atoms with van der Waals surface area (Å²) in [6, 6.07) is 11.3. The predicted octanol–water partition coefficient (Wildman–Crippen LogP) is 4.58. The van der Waals surface area contributed by atoms with Crippen LogP contribution in [-0.4, -0.2) is 27.1 Å². The number of aryl methyl sites for hydroxylation is 1. The quantitative estimate of drug-likeness (QED) is 0.517. The van der Waals surface area contributed by atoms with Crippen molar-refractivity contribution < 1.29 is 13.9 Å². The zero-order valence-electron chi connectivity index (χ0n) is 14.6. The Kier molecular flexibility index (Phi) is 4.97. The van der Waals surface area contributed by atoms with Gasteiger partial charge >= 0.3 is 0 Å². The molecule has 0 radical (unpaired) electrons. The Bertz CT molecular complexity index is 1160. The van der Waals surface area contributed by atoms with E-state index in [2.05, 4.69) is 15.4 Å². The lowest BCUT2D eigenvalue weighted by Gasteiger charge is -2.07. The van der Waals surface area contributed by atoms with Crippen molar-refractivity contribution in [3.8, 4) is 17.0 Å². The van der Waals surface area contributed by atoms with Crippen molar-refractivity contribution in [2.75, 3.05) is 11.9 Å². The van der Waals surface area contributed by atoms with Crippen molar-refractivity contribution in [1.82, 2.24) is 14.6 Å². The first-order valence-corrected chi connectivity index (χ1v) is 9.54. The molecule has 9 heteroatoms. The average molecular weight is 417 g/mol. The molecule has 2 heterocycles. The van der Waals surface area contributed by atoms with Crippen molar-refractivity contribution in [1.29, 1.82) is 0 Å². The Morgan fingerprint density at radius 1 is 1.29 bits per heavy atom. The molecule has 142 valence electrons. The molecule has 2 aromatic heterocycles. The van der Waals surface area contributed by atoms with Gasteiger partial charge < -0.3 is 4.74 Å². The number of amides is 1.